The van der Waals surface area contributed by atoms with E-state index in [2.05, 4.69) is 29.0 Å². The van der Waals surface area contributed by atoms with Gasteiger partial charge in [0.25, 0.3) is 0 Å². The van der Waals surface area contributed by atoms with Gasteiger partial charge in [0.2, 0.25) is 5.91 Å². The van der Waals surface area contributed by atoms with Crippen molar-refractivity contribution in [3.63, 3.8) is 0 Å². The summed E-state index contributed by atoms with van der Waals surface area (Å²) in [6.45, 7) is 18.3. The predicted octanol–water partition coefficient (Wildman–Crippen LogP) is 1.86. The molecule has 7 nitrogen and oxygen atoms in total. The first kappa shape index (κ1) is 25.3. The Bertz CT molecular complexity index is 396. The molecule has 28 heavy (non-hydrogen) atoms. The zero-order valence-electron chi connectivity index (χ0n) is 18.6. The third-order valence-electron chi connectivity index (χ3n) is 5.52. The van der Waals surface area contributed by atoms with Crippen molar-refractivity contribution in [2.24, 2.45) is 5.92 Å². The van der Waals surface area contributed by atoms with Crippen LogP contribution in [0.15, 0.2) is 0 Å². The van der Waals surface area contributed by atoms with Crippen LogP contribution in [0.4, 0.5) is 0 Å². The number of hydrogen-bond acceptors (Lipinski definition) is 6. The SMILES string of the molecule is CCC(C)C(=O)NCCOCCOCCOCCN1CCN(C(C)CC)CC1.[HH]. The molecule has 2 unspecified atom stereocenters. The van der Waals surface area contributed by atoms with Crippen molar-refractivity contribution in [3.05, 3.63) is 0 Å². The Morgan fingerprint density at radius 1 is 0.893 bits per heavy atom. The van der Waals surface area contributed by atoms with Crippen molar-refractivity contribution in [1.82, 2.24) is 15.1 Å². The van der Waals surface area contributed by atoms with E-state index >= 15 is 0 Å². The third kappa shape index (κ3) is 11.3. The standard InChI is InChI=1S/C21H43N3O4.H2/c1-5-19(3)21(25)22-7-13-26-15-17-28-18-16-27-14-12-23-8-10-24(11-9-23)20(4)6-2;/h19-20H,5-18H2,1-4H3,(H,22,25);1H. The van der Waals surface area contributed by atoms with E-state index in [-0.39, 0.29) is 13.3 Å². The van der Waals surface area contributed by atoms with Crippen LogP contribution >= 0.6 is 0 Å². The van der Waals surface area contributed by atoms with Crippen LogP contribution in [0.5, 0.6) is 0 Å². The second-order valence-electron chi connectivity index (χ2n) is 7.57. The Kier molecular flexibility index (Phi) is 14.6. The molecule has 2 atom stereocenters. The molecule has 1 fully saturated rings. The Balaban J connectivity index is 0.00000784. The van der Waals surface area contributed by atoms with E-state index in [4.69, 9.17) is 14.2 Å². The summed E-state index contributed by atoms with van der Waals surface area (Å²) in [6.07, 6.45) is 2.08. The van der Waals surface area contributed by atoms with Gasteiger partial charge in [0.15, 0.2) is 0 Å². The summed E-state index contributed by atoms with van der Waals surface area (Å²) in [6, 6.07) is 0.697. The summed E-state index contributed by atoms with van der Waals surface area (Å²) >= 11 is 0. The second kappa shape index (κ2) is 16.1. The number of nitrogens with one attached hydrogen (secondary N) is 1. The lowest BCUT2D eigenvalue weighted by atomic mass is 10.1. The minimum atomic E-state index is 0. The first-order chi connectivity index (χ1) is 13.6. The quantitative estimate of drug-likeness (QED) is 0.397. The van der Waals surface area contributed by atoms with E-state index in [0.717, 1.165) is 32.7 Å². The van der Waals surface area contributed by atoms with Gasteiger partial charge in [-0.25, -0.2) is 0 Å². The van der Waals surface area contributed by atoms with Gasteiger partial charge < -0.3 is 19.5 Å². The van der Waals surface area contributed by atoms with Crippen molar-refractivity contribution in [2.45, 2.75) is 46.6 Å². The molecule has 0 radical (unpaired) electrons. The molecular formula is C21H45N3O4. The summed E-state index contributed by atoms with van der Waals surface area (Å²) in [5.41, 5.74) is 0. The Morgan fingerprint density at radius 2 is 1.46 bits per heavy atom. The Hall–Kier alpha value is -0.730. The molecule has 0 aliphatic carbocycles. The average Bonchev–Trinajstić information content (AvgIpc) is 2.73. The van der Waals surface area contributed by atoms with Crippen LogP contribution in [0.1, 0.15) is 42.0 Å². The first-order valence-electron chi connectivity index (χ1n) is 11.1. The van der Waals surface area contributed by atoms with E-state index < -0.39 is 0 Å². The second-order valence-corrected chi connectivity index (χ2v) is 7.57. The van der Waals surface area contributed by atoms with Crippen molar-refractivity contribution < 1.29 is 20.4 Å². The van der Waals surface area contributed by atoms with E-state index in [0.29, 0.717) is 45.6 Å². The van der Waals surface area contributed by atoms with Gasteiger partial charge in [-0.05, 0) is 19.8 Å². The van der Waals surface area contributed by atoms with Gasteiger partial charge >= 0.3 is 0 Å². The molecule has 0 bridgehead atoms. The van der Waals surface area contributed by atoms with Crippen molar-refractivity contribution in [1.29, 1.82) is 0 Å². The molecule has 1 rings (SSSR count). The highest BCUT2D eigenvalue weighted by molar-refractivity contribution is 5.78. The fourth-order valence-corrected chi connectivity index (χ4v) is 3.03. The summed E-state index contributed by atoms with van der Waals surface area (Å²) < 4.78 is 16.6. The molecule has 1 N–H and O–H groups in total. The normalized spacial score (nSPS) is 18.1. The number of carbonyl (C=O) groups excluding carboxylic acids is 1. The zero-order chi connectivity index (χ0) is 20.6. The van der Waals surface area contributed by atoms with Gasteiger partial charge in [-0.1, -0.05) is 20.8 Å². The maximum absolute atomic E-state index is 11.6. The highest BCUT2D eigenvalue weighted by atomic mass is 16.5. The summed E-state index contributed by atoms with van der Waals surface area (Å²) in [5, 5.41) is 2.86. The zero-order valence-corrected chi connectivity index (χ0v) is 18.6. The van der Waals surface area contributed by atoms with E-state index in [9.17, 15) is 4.79 Å². The lowest BCUT2D eigenvalue weighted by molar-refractivity contribution is -0.124. The molecule has 7 heteroatoms. The van der Waals surface area contributed by atoms with Crippen molar-refractivity contribution in [2.75, 3.05) is 78.9 Å². The van der Waals surface area contributed by atoms with Gasteiger partial charge in [0.1, 0.15) is 0 Å². The van der Waals surface area contributed by atoms with Gasteiger partial charge in [0.05, 0.1) is 39.6 Å². The van der Waals surface area contributed by atoms with Crippen LogP contribution in [-0.2, 0) is 19.0 Å². The molecule has 1 amide bonds. The first-order valence-corrected chi connectivity index (χ1v) is 11.1. The van der Waals surface area contributed by atoms with Crippen LogP contribution in [-0.4, -0.2) is 101 Å². The van der Waals surface area contributed by atoms with Gasteiger partial charge in [0, 0.05) is 52.7 Å². The molecule has 1 aliphatic heterocycles. The highest BCUT2D eigenvalue weighted by Crippen LogP contribution is 2.08. The Morgan fingerprint density at radius 3 is 2.04 bits per heavy atom. The maximum atomic E-state index is 11.6. The molecule has 0 spiro atoms. The van der Waals surface area contributed by atoms with E-state index in [1.165, 1.54) is 19.5 Å². The van der Waals surface area contributed by atoms with Crippen LogP contribution in [0.3, 0.4) is 0 Å². The molecule has 1 saturated heterocycles. The summed E-state index contributed by atoms with van der Waals surface area (Å²) in [7, 11) is 0. The number of piperazine rings is 1. The third-order valence-corrected chi connectivity index (χ3v) is 5.52. The number of amides is 1. The lowest BCUT2D eigenvalue weighted by Gasteiger charge is -2.37. The highest BCUT2D eigenvalue weighted by Gasteiger charge is 2.19. The van der Waals surface area contributed by atoms with Crippen molar-refractivity contribution in [3.8, 4) is 0 Å². The smallest absolute Gasteiger partial charge is 0.222 e. The fraction of sp³-hybridized carbons (Fsp3) is 0.952. The molecule has 1 aliphatic rings. The molecule has 0 aromatic carbocycles. The van der Waals surface area contributed by atoms with E-state index in [1.807, 2.05) is 13.8 Å². The minimum Gasteiger partial charge on any atom is -0.378 e. The summed E-state index contributed by atoms with van der Waals surface area (Å²) in [5.74, 6) is 0.162. The lowest BCUT2D eigenvalue weighted by Crippen LogP contribution is -2.50. The monoisotopic (exact) mass is 403 g/mol. The van der Waals surface area contributed by atoms with Crippen molar-refractivity contribution >= 4 is 5.91 Å². The predicted molar refractivity (Wildman–Crippen MR) is 115 cm³/mol. The summed E-state index contributed by atoms with van der Waals surface area (Å²) in [4.78, 5) is 16.6. The van der Waals surface area contributed by atoms with Gasteiger partial charge in [-0.2, -0.15) is 0 Å². The molecule has 0 aromatic heterocycles. The van der Waals surface area contributed by atoms with Gasteiger partial charge in [-0.3, -0.25) is 14.6 Å². The molecule has 0 saturated carbocycles. The largest absolute Gasteiger partial charge is 0.378 e. The van der Waals surface area contributed by atoms with Crippen LogP contribution in [0.2, 0.25) is 0 Å². The topological polar surface area (TPSA) is 63.3 Å². The van der Waals surface area contributed by atoms with Gasteiger partial charge in [-0.15, -0.1) is 0 Å². The van der Waals surface area contributed by atoms with Crippen LogP contribution in [0, 0.1) is 5.92 Å². The maximum Gasteiger partial charge on any atom is 0.222 e. The average molecular weight is 404 g/mol. The number of hydrogen-bond donors (Lipinski definition) is 1. The molecular weight excluding hydrogens is 358 g/mol. The minimum absolute atomic E-state index is 0. The van der Waals surface area contributed by atoms with Crippen LogP contribution < -0.4 is 5.32 Å². The molecule has 1 heterocycles. The molecule has 0 aromatic rings. The van der Waals surface area contributed by atoms with E-state index in [1.54, 1.807) is 0 Å². The van der Waals surface area contributed by atoms with Crippen LogP contribution in [0.25, 0.3) is 0 Å². The number of carbonyl (C=O) groups is 1. The number of ether oxygens (including phenoxy) is 3. The fourth-order valence-electron chi connectivity index (χ4n) is 3.03. The number of rotatable bonds is 16. The number of nitrogens with zero attached hydrogens (tertiary/aromatic N) is 2. The Labute approximate surface area is 173 Å². The molecule has 168 valence electrons.